The largest absolute Gasteiger partial charge is 0.457 e. The van der Waals surface area contributed by atoms with Gasteiger partial charge in [-0.15, -0.1) is 0 Å². The standard InChI is InChI=1S/C26H24N4O2S/c1-18(2)24(31)29-25-23(20-11-5-3-6-12-20)28-26(33-25)30-27-17-19-10-9-15-22(16-19)32-21-13-7-4-8-14-21/h3-18H,1-2H3,(H,28,30)(H,29,31)/b27-17+. The summed E-state index contributed by atoms with van der Waals surface area (Å²) in [5.74, 6) is 1.32. The first kappa shape index (κ1) is 22.2. The van der Waals surface area contributed by atoms with Crippen molar-refractivity contribution >= 4 is 33.6 Å². The Morgan fingerprint density at radius 3 is 2.39 bits per heavy atom. The van der Waals surface area contributed by atoms with Gasteiger partial charge in [0.05, 0.1) is 6.21 Å². The lowest BCUT2D eigenvalue weighted by atomic mass is 10.1. The van der Waals surface area contributed by atoms with Crippen LogP contribution in [0, 0.1) is 5.92 Å². The van der Waals surface area contributed by atoms with Gasteiger partial charge in [-0.1, -0.05) is 85.8 Å². The zero-order chi connectivity index (χ0) is 23.0. The fourth-order valence-electron chi connectivity index (χ4n) is 2.95. The smallest absolute Gasteiger partial charge is 0.227 e. The number of benzene rings is 3. The fraction of sp³-hybridized carbons (Fsp3) is 0.115. The van der Waals surface area contributed by atoms with Gasteiger partial charge in [-0.3, -0.25) is 10.2 Å². The summed E-state index contributed by atoms with van der Waals surface area (Å²) in [6.45, 7) is 3.72. The Bertz CT molecular complexity index is 1240. The molecule has 33 heavy (non-hydrogen) atoms. The quantitative estimate of drug-likeness (QED) is 0.230. The lowest BCUT2D eigenvalue weighted by Crippen LogP contribution is -2.17. The van der Waals surface area contributed by atoms with Crippen LogP contribution in [0.3, 0.4) is 0 Å². The summed E-state index contributed by atoms with van der Waals surface area (Å²) < 4.78 is 5.88. The lowest BCUT2D eigenvalue weighted by Gasteiger charge is -2.07. The Balaban J connectivity index is 1.49. The number of hydrazone groups is 1. The Morgan fingerprint density at radius 1 is 0.970 bits per heavy atom. The van der Waals surface area contributed by atoms with Crippen molar-refractivity contribution in [2.75, 3.05) is 10.7 Å². The minimum absolute atomic E-state index is 0.0545. The number of hydrogen-bond acceptors (Lipinski definition) is 6. The van der Waals surface area contributed by atoms with E-state index in [0.717, 1.165) is 22.6 Å². The molecule has 0 spiro atoms. The van der Waals surface area contributed by atoms with E-state index in [4.69, 9.17) is 4.74 Å². The zero-order valence-corrected chi connectivity index (χ0v) is 19.2. The third-order valence-electron chi connectivity index (χ3n) is 4.65. The summed E-state index contributed by atoms with van der Waals surface area (Å²) in [4.78, 5) is 16.9. The van der Waals surface area contributed by atoms with Crippen molar-refractivity contribution in [3.8, 4) is 22.8 Å². The summed E-state index contributed by atoms with van der Waals surface area (Å²) >= 11 is 1.35. The van der Waals surface area contributed by atoms with E-state index in [9.17, 15) is 4.79 Å². The molecule has 6 nitrogen and oxygen atoms in total. The van der Waals surface area contributed by atoms with Crippen molar-refractivity contribution in [3.63, 3.8) is 0 Å². The molecule has 0 fully saturated rings. The van der Waals surface area contributed by atoms with Crippen molar-refractivity contribution in [2.24, 2.45) is 11.0 Å². The van der Waals surface area contributed by atoms with Crippen LogP contribution in [-0.4, -0.2) is 17.1 Å². The second kappa shape index (κ2) is 10.6. The summed E-state index contributed by atoms with van der Waals surface area (Å²) in [5.41, 5.74) is 5.50. The average molecular weight is 457 g/mol. The second-order valence-electron chi connectivity index (χ2n) is 7.56. The SMILES string of the molecule is CC(C)C(=O)Nc1sc(N/N=C/c2cccc(Oc3ccccc3)c2)nc1-c1ccccc1. The number of nitrogens with zero attached hydrogens (tertiary/aromatic N) is 2. The maximum absolute atomic E-state index is 12.3. The lowest BCUT2D eigenvalue weighted by molar-refractivity contribution is -0.118. The number of hydrogen-bond donors (Lipinski definition) is 2. The van der Waals surface area contributed by atoms with Crippen LogP contribution in [-0.2, 0) is 4.79 Å². The first-order valence-electron chi connectivity index (χ1n) is 10.6. The van der Waals surface area contributed by atoms with Gasteiger partial charge < -0.3 is 10.1 Å². The Labute approximate surface area is 197 Å². The molecule has 0 radical (unpaired) electrons. The molecule has 0 aliphatic rings. The van der Waals surface area contributed by atoms with Crippen LogP contribution >= 0.6 is 11.3 Å². The number of ether oxygens (including phenoxy) is 1. The van der Waals surface area contributed by atoms with Crippen LogP contribution in [0.5, 0.6) is 11.5 Å². The number of para-hydroxylation sites is 1. The maximum Gasteiger partial charge on any atom is 0.227 e. The highest BCUT2D eigenvalue weighted by molar-refractivity contribution is 7.20. The molecule has 1 amide bonds. The highest BCUT2D eigenvalue weighted by Crippen LogP contribution is 2.36. The van der Waals surface area contributed by atoms with E-state index in [-0.39, 0.29) is 11.8 Å². The molecule has 4 aromatic rings. The van der Waals surface area contributed by atoms with E-state index in [1.807, 2.05) is 98.8 Å². The first-order valence-corrected chi connectivity index (χ1v) is 11.4. The molecule has 3 aromatic carbocycles. The number of thiazole rings is 1. The van der Waals surface area contributed by atoms with Gasteiger partial charge in [-0.05, 0) is 29.8 Å². The molecule has 1 heterocycles. The molecule has 2 N–H and O–H groups in total. The molecule has 0 bridgehead atoms. The van der Waals surface area contributed by atoms with Crippen LogP contribution in [0.25, 0.3) is 11.3 Å². The molecular formula is C26H24N4O2S. The van der Waals surface area contributed by atoms with Crippen LogP contribution in [0.2, 0.25) is 0 Å². The minimum Gasteiger partial charge on any atom is -0.457 e. The molecular weight excluding hydrogens is 432 g/mol. The van der Waals surface area contributed by atoms with Gasteiger partial charge in [-0.2, -0.15) is 5.10 Å². The Morgan fingerprint density at radius 2 is 1.67 bits per heavy atom. The van der Waals surface area contributed by atoms with E-state index in [1.54, 1.807) is 6.21 Å². The number of anilines is 2. The Kier molecular flexibility index (Phi) is 7.12. The monoisotopic (exact) mass is 456 g/mol. The number of rotatable bonds is 8. The highest BCUT2D eigenvalue weighted by Gasteiger charge is 2.16. The summed E-state index contributed by atoms with van der Waals surface area (Å²) in [5, 5.41) is 8.58. The van der Waals surface area contributed by atoms with Gasteiger partial charge in [-0.25, -0.2) is 4.98 Å². The minimum atomic E-state index is -0.129. The Hall–Kier alpha value is -3.97. The molecule has 0 atom stereocenters. The van der Waals surface area contributed by atoms with Crippen molar-refractivity contribution in [2.45, 2.75) is 13.8 Å². The van der Waals surface area contributed by atoms with Crippen LogP contribution in [0.15, 0.2) is 90.0 Å². The number of aromatic nitrogens is 1. The number of nitrogens with one attached hydrogen (secondary N) is 2. The normalized spacial score (nSPS) is 11.0. The molecule has 4 rings (SSSR count). The summed E-state index contributed by atoms with van der Waals surface area (Å²) in [6, 6.07) is 27.0. The van der Waals surface area contributed by atoms with Crippen LogP contribution in [0.1, 0.15) is 19.4 Å². The van der Waals surface area contributed by atoms with Gasteiger partial charge in [0.2, 0.25) is 11.0 Å². The maximum atomic E-state index is 12.3. The topological polar surface area (TPSA) is 75.6 Å². The molecule has 7 heteroatoms. The van der Waals surface area contributed by atoms with E-state index >= 15 is 0 Å². The molecule has 0 aliphatic carbocycles. The number of amides is 1. The molecule has 1 aromatic heterocycles. The van der Waals surface area contributed by atoms with Gasteiger partial charge in [0.1, 0.15) is 22.2 Å². The van der Waals surface area contributed by atoms with E-state index in [0.29, 0.717) is 15.8 Å². The van der Waals surface area contributed by atoms with Crippen molar-refractivity contribution in [3.05, 3.63) is 90.5 Å². The molecule has 166 valence electrons. The zero-order valence-electron chi connectivity index (χ0n) is 18.4. The van der Waals surface area contributed by atoms with Crippen molar-refractivity contribution in [1.82, 2.24) is 4.98 Å². The van der Waals surface area contributed by atoms with E-state index in [1.165, 1.54) is 11.3 Å². The predicted molar refractivity (Wildman–Crippen MR) is 135 cm³/mol. The number of carbonyl (C=O) groups excluding carboxylic acids is 1. The summed E-state index contributed by atoms with van der Waals surface area (Å²) in [7, 11) is 0. The van der Waals surface area contributed by atoms with Gasteiger partial charge >= 0.3 is 0 Å². The van der Waals surface area contributed by atoms with Gasteiger partial charge in [0.15, 0.2) is 0 Å². The van der Waals surface area contributed by atoms with Crippen molar-refractivity contribution < 1.29 is 9.53 Å². The third kappa shape index (κ3) is 6.05. The van der Waals surface area contributed by atoms with Crippen LogP contribution in [0.4, 0.5) is 10.1 Å². The van der Waals surface area contributed by atoms with Gasteiger partial charge in [0.25, 0.3) is 0 Å². The predicted octanol–water partition coefficient (Wildman–Crippen LogP) is 6.64. The third-order valence-corrected chi connectivity index (χ3v) is 5.52. The molecule has 0 aliphatic heterocycles. The fourth-order valence-corrected chi connectivity index (χ4v) is 3.79. The highest BCUT2D eigenvalue weighted by atomic mass is 32.1. The van der Waals surface area contributed by atoms with E-state index in [2.05, 4.69) is 20.8 Å². The first-order chi connectivity index (χ1) is 16.1. The second-order valence-corrected chi connectivity index (χ2v) is 8.56. The molecule has 0 unspecified atom stereocenters. The van der Waals surface area contributed by atoms with Crippen LogP contribution < -0.4 is 15.5 Å². The van der Waals surface area contributed by atoms with Crippen molar-refractivity contribution in [1.29, 1.82) is 0 Å². The molecule has 0 saturated heterocycles. The van der Waals surface area contributed by atoms with E-state index < -0.39 is 0 Å². The number of carbonyl (C=O) groups is 1. The molecule has 0 saturated carbocycles. The summed E-state index contributed by atoms with van der Waals surface area (Å²) in [6.07, 6.45) is 1.70. The van der Waals surface area contributed by atoms with Gasteiger partial charge in [0, 0.05) is 11.5 Å². The average Bonchev–Trinajstić information content (AvgIpc) is 3.23.